The van der Waals surface area contributed by atoms with Gasteiger partial charge in [0.15, 0.2) is 0 Å². The predicted molar refractivity (Wildman–Crippen MR) is 90.1 cm³/mol. The van der Waals surface area contributed by atoms with Gasteiger partial charge in [0.25, 0.3) is 0 Å². The predicted octanol–water partition coefficient (Wildman–Crippen LogP) is 6.61. The molecule has 0 fully saturated rings. The van der Waals surface area contributed by atoms with E-state index in [2.05, 4.69) is 26.0 Å². The van der Waals surface area contributed by atoms with Gasteiger partial charge in [0.2, 0.25) is 0 Å². The highest BCUT2D eigenvalue weighted by molar-refractivity contribution is 5.78. The molecule has 0 aromatic carbocycles. The molecule has 0 unspecified atom stereocenters. The standard InChI is InChI=1S/C19H36O/c1-3-5-7-9-11-12-14-16-18-19(20)17-15-13-10-8-6-4-2/h12,14H,3-11,13,15-18H2,1-2H3/b14-12+. The molecule has 0 aliphatic rings. The van der Waals surface area contributed by atoms with Gasteiger partial charge in [-0.1, -0.05) is 77.4 Å². The molecule has 0 radical (unpaired) electrons. The van der Waals surface area contributed by atoms with Crippen LogP contribution in [0.5, 0.6) is 0 Å². The highest BCUT2D eigenvalue weighted by Gasteiger charge is 2.00. The van der Waals surface area contributed by atoms with Crippen molar-refractivity contribution in [1.82, 2.24) is 0 Å². The molecule has 0 N–H and O–H groups in total. The second-order valence-corrected chi connectivity index (χ2v) is 5.92. The van der Waals surface area contributed by atoms with Crippen LogP contribution >= 0.6 is 0 Å². The van der Waals surface area contributed by atoms with Crippen LogP contribution in [0.15, 0.2) is 12.2 Å². The van der Waals surface area contributed by atoms with Gasteiger partial charge in [0, 0.05) is 12.8 Å². The van der Waals surface area contributed by atoms with Crippen LogP contribution in [-0.4, -0.2) is 5.78 Å². The number of rotatable bonds is 15. The Kier molecular flexibility index (Phi) is 16.0. The minimum absolute atomic E-state index is 0.455. The number of allylic oxidation sites excluding steroid dienone is 2. The average Bonchev–Trinajstić information content (AvgIpc) is 2.45. The third-order valence-electron chi connectivity index (χ3n) is 3.79. The van der Waals surface area contributed by atoms with Crippen molar-refractivity contribution in [3.8, 4) is 0 Å². The van der Waals surface area contributed by atoms with E-state index in [1.165, 1.54) is 64.2 Å². The van der Waals surface area contributed by atoms with E-state index in [1.54, 1.807) is 0 Å². The summed E-state index contributed by atoms with van der Waals surface area (Å²) >= 11 is 0. The summed E-state index contributed by atoms with van der Waals surface area (Å²) in [6.07, 6.45) is 21.1. The molecule has 0 aromatic rings. The molecule has 0 aliphatic heterocycles. The Labute approximate surface area is 127 Å². The molecule has 0 saturated carbocycles. The molecule has 0 aliphatic carbocycles. The van der Waals surface area contributed by atoms with Crippen LogP contribution in [0, 0.1) is 0 Å². The first-order chi connectivity index (χ1) is 9.81. The third kappa shape index (κ3) is 15.5. The maximum absolute atomic E-state index is 11.7. The molecule has 0 rings (SSSR count). The van der Waals surface area contributed by atoms with E-state index in [0.29, 0.717) is 5.78 Å². The molecular weight excluding hydrogens is 244 g/mol. The zero-order valence-corrected chi connectivity index (χ0v) is 14.0. The summed E-state index contributed by atoms with van der Waals surface area (Å²) in [6.45, 7) is 4.48. The van der Waals surface area contributed by atoms with Gasteiger partial charge in [-0.15, -0.1) is 0 Å². The summed E-state index contributed by atoms with van der Waals surface area (Å²) in [7, 11) is 0. The second kappa shape index (κ2) is 16.5. The van der Waals surface area contributed by atoms with E-state index in [-0.39, 0.29) is 0 Å². The maximum atomic E-state index is 11.7. The number of hydrogen-bond donors (Lipinski definition) is 0. The monoisotopic (exact) mass is 280 g/mol. The van der Waals surface area contributed by atoms with Crippen molar-refractivity contribution in [1.29, 1.82) is 0 Å². The molecule has 1 nitrogen and oxygen atoms in total. The number of hydrogen-bond acceptors (Lipinski definition) is 1. The van der Waals surface area contributed by atoms with Crippen LogP contribution in [-0.2, 0) is 4.79 Å². The first-order valence-electron chi connectivity index (χ1n) is 8.98. The van der Waals surface area contributed by atoms with Crippen molar-refractivity contribution in [3.63, 3.8) is 0 Å². The molecule has 0 atom stereocenters. The zero-order chi connectivity index (χ0) is 14.9. The smallest absolute Gasteiger partial charge is 0.133 e. The van der Waals surface area contributed by atoms with E-state index < -0.39 is 0 Å². The molecule has 0 saturated heterocycles. The number of ketones is 1. The van der Waals surface area contributed by atoms with E-state index >= 15 is 0 Å². The molecule has 0 bridgehead atoms. The first kappa shape index (κ1) is 19.4. The molecular formula is C19H36O. The van der Waals surface area contributed by atoms with E-state index in [1.807, 2.05) is 0 Å². The first-order valence-corrected chi connectivity index (χ1v) is 8.98. The van der Waals surface area contributed by atoms with E-state index in [9.17, 15) is 4.79 Å². The summed E-state index contributed by atoms with van der Waals surface area (Å²) in [6, 6.07) is 0. The van der Waals surface area contributed by atoms with E-state index in [0.717, 1.165) is 25.7 Å². The van der Waals surface area contributed by atoms with Gasteiger partial charge in [-0.25, -0.2) is 0 Å². The molecule has 0 heterocycles. The summed E-state index contributed by atoms with van der Waals surface area (Å²) < 4.78 is 0. The number of carbonyl (C=O) groups is 1. The Bertz CT molecular complexity index is 230. The lowest BCUT2D eigenvalue weighted by Crippen LogP contribution is -1.96. The van der Waals surface area contributed by atoms with Gasteiger partial charge < -0.3 is 0 Å². The van der Waals surface area contributed by atoms with Crippen molar-refractivity contribution in [2.75, 3.05) is 0 Å². The van der Waals surface area contributed by atoms with Gasteiger partial charge in [0.05, 0.1) is 0 Å². The average molecular weight is 280 g/mol. The lowest BCUT2D eigenvalue weighted by molar-refractivity contribution is -0.119. The Morgan fingerprint density at radius 3 is 1.90 bits per heavy atom. The quantitative estimate of drug-likeness (QED) is 0.243. The second-order valence-electron chi connectivity index (χ2n) is 5.92. The molecule has 1 heteroatoms. The summed E-state index contributed by atoms with van der Waals surface area (Å²) in [4.78, 5) is 11.7. The summed E-state index contributed by atoms with van der Waals surface area (Å²) in [5, 5.41) is 0. The van der Waals surface area contributed by atoms with Gasteiger partial charge in [-0.05, 0) is 25.7 Å². The summed E-state index contributed by atoms with van der Waals surface area (Å²) in [5.74, 6) is 0.455. The lowest BCUT2D eigenvalue weighted by Gasteiger charge is -2.00. The van der Waals surface area contributed by atoms with Crippen LogP contribution < -0.4 is 0 Å². The fourth-order valence-corrected chi connectivity index (χ4v) is 2.40. The van der Waals surface area contributed by atoms with Crippen molar-refractivity contribution in [2.45, 2.75) is 104 Å². The van der Waals surface area contributed by atoms with Crippen LogP contribution in [0.4, 0.5) is 0 Å². The maximum Gasteiger partial charge on any atom is 0.133 e. The minimum atomic E-state index is 0.455. The Hall–Kier alpha value is -0.590. The molecule has 0 spiro atoms. The fourth-order valence-electron chi connectivity index (χ4n) is 2.40. The van der Waals surface area contributed by atoms with E-state index in [4.69, 9.17) is 0 Å². The number of Topliss-reactive ketones (excluding diaryl/α,β-unsaturated/α-hetero) is 1. The molecule has 20 heavy (non-hydrogen) atoms. The Morgan fingerprint density at radius 1 is 0.650 bits per heavy atom. The summed E-state index contributed by atoms with van der Waals surface area (Å²) in [5.41, 5.74) is 0. The molecule has 0 aromatic heterocycles. The van der Waals surface area contributed by atoms with Crippen LogP contribution in [0.1, 0.15) is 104 Å². The van der Waals surface area contributed by atoms with Crippen molar-refractivity contribution >= 4 is 5.78 Å². The highest BCUT2D eigenvalue weighted by atomic mass is 16.1. The Balaban J connectivity index is 3.25. The van der Waals surface area contributed by atoms with Gasteiger partial charge >= 0.3 is 0 Å². The largest absolute Gasteiger partial charge is 0.300 e. The molecule has 118 valence electrons. The van der Waals surface area contributed by atoms with Gasteiger partial charge in [-0.2, -0.15) is 0 Å². The SMILES string of the molecule is CCCCCC/C=C/CCC(=O)CCCCCCCC. The molecule has 0 amide bonds. The minimum Gasteiger partial charge on any atom is -0.300 e. The van der Waals surface area contributed by atoms with Gasteiger partial charge in [0.1, 0.15) is 5.78 Å². The van der Waals surface area contributed by atoms with Gasteiger partial charge in [-0.3, -0.25) is 4.79 Å². The van der Waals surface area contributed by atoms with Crippen LogP contribution in [0.25, 0.3) is 0 Å². The topological polar surface area (TPSA) is 17.1 Å². The zero-order valence-electron chi connectivity index (χ0n) is 14.0. The van der Waals surface area contributed by atoms with Crippen molar-refractivity contribution in [3.05, 3.63) is 12.2 Å². The number of unbranched alkanes of at least 4 members (excludes halogenated alkanes) is 9. The third-order valence-corrected chi connectivity index (χ3v) is 3.79. The normalized spacial score (nSPS) is 11.3. The lowest BCUT2D eigenvalue weighted by atomic mass is 10.1. The van der Waals surface area contributed by atoms with Crippen molar-refractivity contribution < 1.29 is 4.79 Å². The highest BCUT2D eigenvalue weighted by Crippen LogP contribution is 2.09. The number of carbonyl (C=O) groups excluding carboxylic acids is 1. The van der Waals surface area contributed by atoms with Crippen LogP contribution in [0.2, 0.25) is 0 Å². The van der Waals surface area contributed by atoms with Crippen LogP contribution in [0.3, 0.4) is 0 Å². The Morgan fingerprint density at radius 2 is 1.20 bits per heavy atom. The van der Waals surface area contributed by atoms with Crippen molar-refractivity contribution in [2.24, 2.45) is 0 Å². The fraction of sp³-hybridized carbons (Fsp3) is 0.842.